The number of rotatable bonds is 4. The van der Waals surface area contributed by atoms with E-state index in [9.17, 15) is 9.59 Å². The molecule has 2 rings (SSSR count). The van der Waals surface area contributed by atoms with Crippen LogP contribution in [0.3, 0.4) is 0 Å². The topological polar surface area (TPSA) is 53.2 Å². The van der Waals surface area contributed by atoms with Crippen molar-refractivity contribution in [2.75, 3.05) is 6.54 Å². The van der Waals surface area contributed by atoms with Crippen LogP contribution in [-0.2, 0) is 11.3 Å². The Hall–Kier alpha value is -2.10. The van der Waals surface area contributed by atoms with E-state index in [-0.39, 0.29) is 11.5 Å². The maximum atomic E-state index is 12.2. The second-order valence-corrected chi connectivity index (χ2v) is 6.01. The number of fused-ring (bicyclic) bond motifs is 1. The molecule has 1 aromatic carbocycles. The molecule has 0 atom stereocenters. The van der Waals surface area contributed by atoms with Gasteiger partial charge in [0.15, 0.2) is 0 Å². The summed E-state index contributed by atoms with van der Waals surface area (Å²) in [6.07, 6.45) is 0. The zero-order chi connectivity index (χ0) is 15.6. The number of aryl methyl sites for hydroxylation is 1. The lowest BCUT2D eigenvalue weighted by molar-refractivity contribution is -0.130. The van der Waals surface area contributed by atoms with Crippen LogP contribution in [-0.4, -0.2) is 22.3 Å². The molecule has 4 heteroatoms. The average molecular weight is 286 g/mol. The number of carbonyl (C=O) groups excluding carboxylic acids is 1. The second kappa shape index (κ2) is 6.12. The molecule has 112 valence electrons. The van der Waals surface area contributed by atoms with Crippen molar-refractivity contribution < 1.29 is 4.79 Å². The minimum absolute atomic E-state index is 0.00700. The molecule has 21 heavy (non-hydrogen) atoms. The Morgan fingerprint density at radius 3 is 2.62 bits per heavy atom. The Bertz CT molecular complexity index is 716. The first-order valence-corrected chi connectivity index (χ1v) is 7.25. The molecule has 0 spiro atoms. The van der Waals surface area contributed by atoms with Gasteiger partial charge >= 0.3 is 0 Å². The first-order valence-electron chi connectivity index (χ1n) is 7.25. The summed E-state index contributed by atoms with van der Waals surface area (Å²) in [6, 6.07) is 7.80. The van der Waals surface area contributed by atoms with Gasteiger partial charge in [0.1, 0.15) is 0 Å². The van der Waals surface area contributed by atoms with E-state index in [2.05, 4.69) is 18.8 Å². The van der Waals surface area contributed by atoms with Crippen LogP contribution in [0.25, 0.3) is 10.9 Å². The molecule has 0 saturated carbocycles. The third-order valence-electron chi connectivity index (χ3n) is 3.47. The van der Waals surface area contributed by atoms with Crippen molar-refractivity contribution in [3.63, 3.8) is 0 Å². The predicted octanol–water partition coefficient (Wildman–Crippen LogP) is 2.84. The third-order valence-corrected chi connectivity index (χ3v) is 3.47. The van der Waals surface area contributed by atoms with E-state index in [0.717, 1.165) is 16.5 Å². The number of hydrogen-bond donors (Lipinski definition) is 1. The van der Waals surface area contributed by atoms with Crippen molar-refractivity contribution in [1.29, 1.82) is 0 Å². The van der Waals surface area contributed by atoms with Gasteiger partial charge in [0.05, 0.1) is 6.54 Å². The number of carbonyl (C=O) groups is 1. The lowest BCUT2D eigenvalue weighted by Crippen LogP contribution is -2.33. The lowest BCUT2D eigenvalue weighted by Gasteiger charge is -2.23. The summed E-state index contributed by atoms with van der Waals surface area (Å²) < 4.78 is 0. The highest BCUT2D eigenvalue weighted by molar-refractivity contribution is 5.80. The van der Waals surface area contributed by atoms with E-state index in [1.807, 2.05) is 31.2 Å². The molecular formula is C17H22N2O2. The molecule has 0 fully saturated rings. The second-order valence-electron chi connectivity index (χ2n) is 6.01. The molecule has 0 aliphatic rings. The molecule has 1 N–H and O–H groups in total. The van der Waals surface area contributed by atoms with Gasteiger partial charge in [-0.05, 0) is 36.4 Å². The first-order chi connectivity index (χ1) is 9.86. The van der Waals surface area contributed by atoms with Gasteiger partial charge in [0, 0.05) is 24.5 Å². The first kappa shape index (κ1) is 15.3. The Balaban J connectivity index is 2.38. The van der Waals surface area contributed by atoms with Gasteiger partial charge in [-0.15, -0.1) is 0 Å². The van der Waals surface area contributed by atoms with E-state index >= 15 is 0 Å². The van der Waals surface area contributed by atoms with Gasteiger partial charge in [0.25, 0.3) is 5.56 Å². The van der Waals surface area contributed by atoms with Crippen LogP contribution >= 0.6 is 0 Å². The van der Waals surface area contributed by atoms with E-state index in [0.29, 0.717) is 24.6 Å². The van der Waals surface area contributed by atoms with Crippen molar-refractivity contribution in [2.24, 2.45) is 5.92 Å². The molecule has 1 amide bonds. The Kier molecular flexibility index (Phi) is 4.46. The third kappa shape index (κ3) is 3.72. The summed E-state index contributed by atoms with van der Waals surface area (Å²) in [5.41, 5.74) is 2.48. The highest BCUT2D eigenvalue weighted by Crippen LogP contribution is 2.14. The van der Waals surface area contributed by atoms with E-state index in [1.165, 1.54) is 0 Å². The Morgan fingerprint density at radius 1 is 1.29 bits per heavy atom. The number of aromatic nitrogens is 1. The van der Waals surface area contributed by atoms with Gasteiger partial charge in [-0.2, -0.15) is 0 Å². The highest BCUT2D eigenvalue weighted by Gasteiger charge is 2.13. The van der Waals surface area contributed by atoms with Crippen LogP contribution in [0.5, 0.6) is 0 Å². The van der Waals surface area contributed by atoms with Gasteiger partial charge in [-0.3, -0.25) is 9.59 Å². The summed E-state index contributed by atoms with van der Waals surface area (Å²) in [7, 11) is 0. The summed E-state index contributed by atoms with van der Waals surface area (Å²) >= 11 is 0. The molecule has 1 heterocycles. The van der Waals surface area contributed by atoms with E-state index in [4.69, 9.17) is 0 Å². The smallest absolute Gasteiger partial charge is 0.253 e. The molecule has 0 bridgehead atoms. The van der Waals surface area contributed by atoms with Crippen LogP contribution < -0.4 is 5.56 Å². The fraction of sp³-hybridized carbons (Fsp3) is 0.412. The van der Waals surface area contributed by atoms with Crippen molar-refractivity contribution in [1.82, 2.24) is 9.88 Å². The molecule has 0 saturated heterocycles. The normalized spacial score (nSPS) is 11.1. The number of nitrogens with zero attached hydrogens (tertiary/aromatic N) is 1. The molecule has 0 radical (unpaired) electrons. The summed E-state index contributed by atoms with van der Waals surface area (Å²) in [5.74, 6) is 0.364. The summed E-state index contributed by atoms with van der Waals surface area (Å²) in [6.45, 7) is 8.69. The molecular weight excluding hydrogens is 264 g/mol. The minimum atomic E-state index is -0.124. The molecule has 0 aliphatic heterocycles. The van der Waals surface area contributed by atoms with Gasteiger partial charge in [0.2, 0.25) is 5.91 Å². The molecule has 4 nitrogen and oxygen atoms in total. The number of aromatic amines is 1. The summed E-state index contributed by atoms with van der Waals surface area (Å²) in [4.78, 5) is 28.5. The van der Waals surface area contributed by atoms with Crippen LogP contribution in [0.2, 0.25) is 0 Å². The minimum Gasteiger partial charge on any atom is -0.338 e. The lowest BCUT2D eigenvalue weighted by atomic mass is 10.1. The number of benzene rings is 1. The number of H-pyrrole nitrogens is 1. The fourth-order valence-corrected chi connectivity index (χ4v) is 2.44. The zero-order valence-electron chi connectivity index (χ0n) is 13.1. The zero-order valence-corrected chi connectivity index (χ0v) is 13.1. The summed E-state index contributed by atoms with van der Waals surface area (Å²) in [5, 5.41) is 0.998. The molecule has 0 unspecified atom stereocenters. The predicted molar refractivity (Wildman–Crippen MR) is 85.2 cm³/mol. The molecule has 2 aromatic rings. The van der Waals surface area contributed by atoms with Crippen LogP contribution in [0.1, 0.15) is 31.9 Å². The standard InChI is InChI=1S/C17H22N2O2/c1-11(2)9-19(13(4)20)10-15-8-14-7-12(3)5-6-16(14)18-17(15)21/h5-8,11H,9-10H2,1-4H3,(H,18,21). The number of amides is 1. The Morgan fingerprint density at radius 2 is 2.00 bits per heavy atom. The van der Waals surface area contributed by atoms with Crippen molar-refractivity contribution >= 4 is 16.8 Å². The van der Waals surface area contributed by atoms with E-state index < -0.39 is 0 Å². The van der Waals surface area contributed by atoms with Crippen LogP contribution in [0, 0.1) is 12.8 Å². The monoisotopic (exact) mass is 286 g/mol. The molecule has 0 aliphatic carbocycles. The molecule has 1 aromatic heterocycles. The maximum Gasteiger partial charge on any atom is 0.253 e. The quantitative estimate of drug-likeness (QED) is 0.939. The average Bonchev–Trinajstić information content (AvgIpc) is 2.38. The highest BCUT2D eigenvalue weighted by atomic mass is 16.2. The Labute approximate surface area is 124 Å². The largest absolute Gasteiger partial charge is 0.338 e. The fourth-order valence-electron chi connectivity index (χ4n) is 2.44. The van der Waals surface area contributed by atoms with Crippen molar-refractivity contribution in [2.45, 2.75) is 34.2 Å². The van der Waals surface area contributed by atoms with Gasteiger partial charge < -0.3 is 9.88 Å². The van der Waals surface area contributed by atoms with Crippen LogP contribution in [0.4, 0.5) is 0 Å². The number of nitrogens with one attached hydrogen (secondary N) is 1. The number of hydrogen-bond acceptors (Lipinski definition) is 2. The number of pyridine rings is 1. The van der Waals surface area contributed by atoms with E-state index in [1.54, 1.807) is 11.8 Å². The van der Waals surface area contributed by atoms with Gasteiger partial charge in [-0.25, -0.2) is 0 Å². The SMILES string of the molecule is CC(=O)N(Cc1cc2cc(C)ccc2[nH]c1=O)CC(C)C. The maximum absolute atomic E-state index is 12.2. The van der Waals surface area contributed by atoms with Crippen molar-refractivity contribution in [3.8, 4) is 0 Å². The van der Waals surface area contributed by atoms with Crippen LogP contribution in [0.15, 0.2) is 29.1 Å². The van der Waals surface area contributed by atoms with Gasteiger partial charge in [-0.1, -0.05) is 25.5 Å². The van der Waals surface area contributed by atoms with Crippen molar-refractivity contribution in [3.05, 3.63) is 45.7 Å².